The summed E-state index contributed by atoms with van der Waals surface area (Å²) in [4.78, 5) is 50.1. The molecule has 0 aliphatic rings. The van der Waals surface area contributed by atoms with Crippen LogP contribution in [0.5, 0.6) is 0 Å². The van der Waals surface area contributed by atoms with Gasteiger partial charge >= 0.3 is 29.6 Å². The zero-order valence-corrected chi connectivity index (χ0v) is 23.0. The third-order valence-electron chi connectivity index (χ3n) is 0. The Morgan fingerprint density at radius 2 is 0.381 bits per heavy atom. The molecule has 0 atom stereocenters. The van der Waals surface area contributed by atoms with Crippen molar-refractivity contribution in [1.82, 2.24) is 0 Å². The van der Waals surface area contributed by atoms with Crippen LogP contribution >= 0.6 is 0 Å². The van der Waals surface area contributed by atoms with E-state index in [9.17, 15) is 0 Å². The summed E-state index contributed by atoms with van der Waals surface area (Å²) in [7, 11) is -4.69. The van der Waals surface area contributed by atoms with Crippen LogP contribution in [0.1, 0.15) is 0 Å². The molecule has 42 heteroatoms. The van der Waals surface area contributed by atoms with Crippen LogP contribution < -0.4 is 114 Å². The van der Waals surface area contributed by atoms with Gasteiger partial charge in [-0.2, -0.15) is 14.0 Å². The van der Waals surface area contributed by atoms with Crippen molar-refractivity contribution >= 4 is 0 Å². The zero-order chi connectivity index (χ0) is 38.0. The SMILES string of the molecule is NN.NN.NN.NN.NN.NN.O=[N+]([O-])O.O=[N+]([O-])O.O=[N+]([O-])O.O=[N+]([O-])O.O=[N+]([O-])O.O=[N+]([O-])[O-].[Na+].[O-][Cl+3]([O-])([O-])O. The fourth-order valence-electron chi connectivity index (χ4n) is 0. The predicted octanol–water partition coefficient (Wildman–Crippen LogP) is -16.2. The maximum atomic E-state index is 8.60. The molecule has 0 rings (SSSR count). The van der Waals surface area contributed by atoms with Crippen molar-refractivity contribution in [2.24, 2.45) is 70.1 Å². The summed E-state index contributed by atoms with van der Waals surface area (Å²) in [6.45, 7) is 0. The molecule has 0 aromatic heterocycles. The molecule has 0 radical (unpaired) electrons. The normalized spacial score (nSPS) is 5.71. The van der Waals surface area contributed by atoms with Crippen LogP contribution in [-0.2, 0) is 0 Å². The standard InChI is InChI=1S/ClHO4.6H4N2.5HNO3.NO3.Na/c2-1(3,4)5;6*1-2;6*2-1(3)4;/h(H,2,3,4,5);6*1-2H2;5*(H,2,3,4);;/q;;;;;;;;;;;;-1;+1. The first kappa shape index (κ1) is 90.4. The van der Waals surface area contributed by atoms with Gasteiger partial charge in [-0.25, -0.2) is 0 Å². The number of hydrazine groups is 6. The first-order valence-corrected chi connectivity index (χ1v) is 7.27. The van der Waals surface area contributed by atoms with E-state index in [2.05, 4.69) is 70.1 Å². The van der Waals surface area contributed by atoms with Gasteiger partial charge in [0.25, 0.3) is 25.4 Å². The molecule has 0 aromatic rings. The third-order valence-corrected chi connectivity index (χ3v) is 0. The molecule has 0 fully saturated rings. The number of nitrogens with zero attached hydrogens (tertiary/aromatic N) is 6. The number of hydrogen-bond donors (Lipinski definition) is 18. The van der Waals surface area contributed by atoms with Crippen molar-refractivity contribution < 1.29 is 115 Å². The fourth-order valence-corrected chi connectivity index (χ4v) is 0. The Morgan fingerprint density at radius 3 is 0.381 bits per heavy atom. The van der Waals surface area contributed by atoms with Crippen molar-refractivity contribution in [1.29, 1.82) is 0 Å². The molecule has 40 nitrogen and oxygen atoms in total. The second kappa shape index (κ2) is 120. The van der Waals surface area contributed by atoms with Gasteiger partial charge in [0.2, 0.25) is 0 Å². The molecule has 0 spiro atoms. The first-order valence-electron chi connectivity index (χ1n) is 6.01. The van der Waals surface area contributed by atoms with Crippen LogP contribution in [0.3, 0.4) is 0 Å². The van der Waals surface area contributed by atoms with Crippen molar-refractivity contribution in [3.05, 3.63) is 65.9 Å². The minimum Gasteiger partial charge on any atom is -0.356 e. The number of halogens is 1. The van der Waals surface area contributed by atoms with Gasteiger partial charge in [0.15, 0.2) is 0 Å². The molecular formula is H30ClN18NaO22. The van der Waals surface area contributed by atoms with E-state index >= 15 is 0 Å². The summed E-state index contributed by atoms with van der Waals surface area (Å²) in [5.74, 6) is 48.0. The van der Waals surface area contributed by atoms with E-state index in [1.807, 2.05) is 0 Å². The predicted molar refractivity (Wildman–Crippen MR) is 107 cm³/mol. The van der Waals surface area contributed by atoms with Crippen LogP contribution in [0.2, 0.25) is 0 Å². The van der Waals surface area contributed by atoms with Crippen LogP contribution in [0.25, 0.3) is 0 Å². The largest absolute Gasteiger partial charge is 1.00 e. The van der Waals surface area contributed by atoms with Gasteiger partial charge in [-0.05, 0) is 0 Å². The monoisotopic (exact) mass is 692 g/mol. The van der Waals surface area contributed by atoms with E-state index in [4.69, 9.17) is 111 Å². The first-order chi connectivity index (χ1) is 18.4. The van der Waals surface area contributed by atoms with Gasteiger partial charge in [0.1, 0.15) is 0 Å². The molecule has 260 valence electrons. The molecule has 0 aliphatic carbocycles. The third kappa shape index (κ3) is 2530. The Labute approximate surface area is 251 Å². The molecule has 0 bridgehead atoms. The van der Waals surface area contributed by atoms with Crippen molar-refractivity contribution in [2.45, 2.75) is 0 Å². The van der Waals surface area contributed by atoms with Crippen molar-refractivity contribution in [3.8, 4) is 0 Å². The van der Waals surface area contributed by atoms with E-state index in [-0.39, 0.29) is 29.6 Å². The second-order valence-corrected chi connectivity index (χ2v) is 2.60. The fraction of sp³-hybridized carbons (Fsp3) is 0. The molecular weight excluding hydrogens is 663 g/mol. The van der Waals surface area contributed by atoms with E-state index in [0.717, 1.165) is 0 Å². The summed E-state index contributed by atoms with van der Waals surface area (Å²) in [6.07, 6.45) is 0. The summed E-state index contributed by atoms with van der Waals surface area (Å²) in [5.41, 5.74) is 0. The Bertz CT molecular complexity index is 350. The van der Waals surface area contributed by atoms with Gasteiger partial charge in [-0.3, -0.25) is 70.1 Å². The molecule has 42 heavy (non-hydrogen) atoms. The molecule has 0 saturated heterocycles. The van der Waals surface area contributed by atoms with E-state index in [1.165, 1.54) is 0 Å². The summed E-state index contributed by atoms with van der Waals surface area (Å²) in [6, 6.07) is 0. The van der Waals surface area contributed by atoms with E-state index < -0.39 is 40.8 Å². The van der Waals surface area contributed by atoms with E-state index in [1.54, 1.807) is 0 Å². The Balaban J connectivity index is -0.0000000171. The van der Waals surface area contributed by atoms with Crippen LogP contribution in [0.15, 0.2) is 0 Å². The summed E-state index contributed by atoms with van der Waals surface area (Å²) < 4.78 is 32.7. The minimum absolute atomic E-state index is 0. The minimum atomic E-state index is -4.69. The zero-order valence-electron chi connectivity index (χ0n) is 20.2. The number of nitrogens with two attached hydrogens (primary N) is 12. The molecule has 0 aromatic carbocycles. The summed E-state index contributed by atoms with van der Waals surface area (Å²) in [5, 5.41) is 82.9. The second-order valence-electron chi connectivity index (χ2n) is 1.81. The van der Waals surface area contributed by atoms with Gasteiger partial charge in [0, 0.05) is 0 Å². The van der Waals surface area contributed by atoms with Crippen LogP contribution in [0.4, 0.5) is 0 Å². The summed E-state index contributed by atoms with van der Waals surface area (Å²) >= 11 is 0. The average Bonchev–Trinajstić information content (AvgIpc) is 2.78. The molecule has 0 aliphatic heterocycles. The quantitative estimate of drug-likeness (QED) is 0.0484. The van der Waals surface area contributed by atoms with Crippen LogP contribution in [0, 0.1) is 76.1 Å². The topological polar surface area (TPSA) is 785 Å². The maximum absolute atomic E-state index is 8.60. The Kier molecular flexibility index (Phi) is 259. The molecule has 0 saturated carbocycles. The molecule has 0 heterocycles. The van der Waals surface area contributed by atoms with Gasteiger partial charge < -0.3 is 41.4 Å². The smallest absolute Gasteiger partial charge is 0.356 e. The Morgan fingerprint density at radius 1 is 0.381 bits per heavy atom. The van der Waals surface area contributed by atoms with E-state index in [0.29, 0.717) is 0 Å². The Hall–Kier alpha value is -4.15. The van der Waals surface area contributed by atoms with Crippen molar-refractivity contribution in [3.63, 3.8) is 0 Å². The molecule has 30 N–H and O–H groups in total. The molecule has 0 amide bonds. The molecule has 0 unspecified atom stereocenters. The van der Waals surface area contributed by atoms with Gasteiger partial charge in [-0.1, -0.05) is 0 Å². The van der Waals surface area contributed by atoms with Crippen LogP contribution in [-0.4, -0.2) is 61.2 Å². The van der Waals surface area contributed by atoms with Crippen molar-refractivity contribution in [2.75, 3.05) is 0 Å². The average molecular weight is 693 g/mol. The number of hydrogen-bond acceptors (Lipinski definition) is 29. The maximum Gasteiger partial charge on any atom is 1.00 e. The van der Waals surface area contributed by atoms with Gasteiger partial charge in [-0.15, -0.1) is 50.6 Å². The number of rotatable bonds is 0. The van der Waals surface area contributed by atoms with Gasteiger partial charge in [0.05, 0.1) is 20.0 Å².